The fraction of sp³-hybridized carbons (Fsp3) is 0.611. The predicted octanol–water partition coefficient (Wildman–Crippen LogP) is 2.56. The Labute approximate surface area is 132 Å². The van der Waals surface area contributed by atoms with Gasteiger partial charge in [0.25, 0.3) is 0 Å². The summed E-state index contributed by atoms with van der Waals surface area (Å²) < 4.78 is 11.1. The second kappa shape index (κ2) is 6.69. The van der Waals surface area contributed by atoms with Gasteiger partial charge in [0, 0.05) is 30.9 Å². The average Bonchev–Trinajstić information content (AvgIpc) is 2.95. The Balaban J connectivity index is 1.52. The minimum Gasteiger partial charge on any atom is -0.496 e. The first kappa shape index (κ1) is 15.3. The van der Waals surface area contributed by atoms with E-state index in [1.165, 1.54) is 0 Å². The summed E-state index contributed by atoms with van der Waals surface area (Å²) >= 11 is 0. The Bertz CT molecular complexity index is 531. The zero-order chi connectivity index (χ0) is 15.5. The Morgan fingerprint density at radius 2 is 2.23 bits per heavy atom. The highest BCUT2D eigenvalue weighted by atomic mass is 16.5. The Morgan fingerprint density at radius 1 is 1.41 bits per heavy atom. The van der Waals surface area contributed by atoms with Crippen molar-refractivity contribution in [3.63, 3.8) is 0 Å². The van der Waals surface area contributed by atoms with Crippen molar-refractivity contribution in [1.82, 2.24) is 5.32 Å². The van der Waals surface area contributed by atoms with Crippen LogP contribution in [0, 0.1) is 11.8 Å². The number of methoxy groups -OCH3 is 1. The lowest BCUT2D eigenvalue weighted by atomic mass is 9.65. The van der Waals surface area contributed by atoms with Crippen molar-refractivity contribution in [2.45, 2.75) is 44.8 Å². The van der Waals surface area contributed by atoms with Gasteiger partial charge < -0.3 is 14.8 Å². The second-order valence-electron chi connectivity index (χ2n) is 6.27. The Morgan fingerprint density at radius 3 is 3.00 bits per heavy atom. The van der Waals surface area contributed by atoms with E-state index in [-0.39, 0.29) is 5.91 Å². The van der Waals surface area contributed by atoms with E-state index >= 15 is 0 Å². The lowest BCUT2D eigenvalue weighted by Gasteiger charge is -2.47. The summed E-state index contributed by atoms with van der Waals surface area (Å²) in [6.07, 6.45) is 3.75. The number of ether oxygens (including phenoxy) is 2. The molecule has 1 aromatic carbocycles. The van der Waals surface area contributed by atoms with Gasteiger partial charge in [0.05, 0.1) is 13.2 Å². The zero-order valence-corrected chi connectivity index (χ0v) is 13.4. The van der Waals surface area contributed by atoms with Crippen LogP contribution in [0.25, 0.3) is 0 Å². The molecule has 3 rings (SSSR count). The maximum Gasteiger partial charge on any atom is 0.220 e. The normalized spacial score (nSPS) is 29.5. The monoisotopic (exact) mass is 303 g/mol. The summed E-state index contributed by atoms with van der Waals surface area (Å²) in [7, 11) is 1.67. The number of fused-ring (bicyclic) bond motifs is 1. The molecule has 2 fully saturated rings. The first-order chi connectivity index (χ1) is 10.7. The fourth-order valence-electron chi connectivity index (χ4n) is 3.95. The third kappa shape index (κ3) is 2.84. The molecule has 2 aliphatic rings. The summed E-state index contributed by atoms with van der Waals surface area (Å²) in [5.41, 5.74) is 1.09. The molecule has 0 spiro atoms. The van der Waals surface area contributed by atoms with Crippen molar-refractivity contribution < 1.29 is 14.3 Å². The van der Waals surface area contributed by atoms with Gasteiger partial charge in [0.2, 0.25) is 5.91 Å². The van der Waals surface area contributed by atoms with Gasteiger partial charge in [-0.05, 0) is 30.9 Å². The van der Waals surface area contributed by atoms with Crippen molar-refractivity contribution >= 4 is 5.91 Å². The number of hydrogen-bond donors (Lipinski definition) is 1. The molecule has 1 saturated heterocycles. The van der Waals surface area contributed by atoms with Crippen LogP contribution in [0.15, 0.2) is 24.3 Å². The summed E-state index contributed by atoms with van der Waals surface area (Å²) in [6, 6.07) is 8.19. The quantitative estimate of drug-likeness (QED) is 0.878. The number of amides is 1. The van der Waals surface area contributed by atoms with Crippen LogP contribution in [0.2, 0.25) is 0 Å². The molecule has 0 radical (unpaired) electrons. The molecule has 1 saturated carbocycles. The number of nitrogens with one attached hydrogen (secondary N) is 1. The van der Waals surface area contributed by atoms with Crippen LogP contribution in [0.1, 0.15) is 31.7 Å². The number of rotatable bonds is 6. The predicted molar refractivity (Wildman–Crippen MR) is 84.9 cm³/mol. The van der Waals surface area contributed by atoms with E-state index in [1.54, 1.807) is 7.11 Å². The summed E-state index contributed by atoms with van der Waals surface area (Å²) in [5.74, 6) is 2.01. The molecule has 0 unspecified atom stereocenters. The van der Waals surface area contributed by atoms with Crippen LogP contribution < -0.4 is 10.1 Å². The van der Waals surface area contributed by atoms with Crippen LogP contribution in [0.5, 0.6) is 5.75 Å². The van der Waals surface area contributed by atoms with Gasteiger partial charge >= 0.3 is 0 Å². The zero-order valence-electron chi connectivity index (χ0n) is 13.4. The molecular weight excluding hydrogens is 278 g/mol. The van der Waals surface area contributed by atoms with Crippen molar-refractivity contribution in [2.75, 3.05) is 13.7 Å². The first-order valence-corrected chi connectivity index (χ1v) is 8.27. The van der Waals surface area contributed by atoms with E-state index in [2.05, 4.69) is 12.2 Å². The molecule has 1 aliphatic heterocycles. The highest BCUT2D eigenvalue weighted by molar-refractivity contribution is 5.77. The maximum absolute atomic E-state index is 12.3. The van der Waals surface area contributed by atoms with Gasteiger partial charge in [0.1, 0.15) is 5.75 Å². The summed E-state index contributed by atoms with van der Waals surface area (Å²) in [4.78, 5) is 12.3. The molecule has 1 amide bonds. The minimum atomic E-state index is 0.139. The number of carbonyl (C=O) groups is 1. The van der Waals surface area contributed by atoms with E-state index in [0.717, 1.165) is 30.8 Å². The molecule has 0 bridgehead atoms. The first-order valence-electron chi connectivity index (χ1n) is 8.27. The fourth-order valence-corrected chi connectivity index (χ4v) is 3.95. The van der Waals surface area contributed by atoms with Gasteiger partial charge in [-0.2, -0.15) is 0 Å². The van der Waals surface area contributed by atoms with Gasteiger partial charge in [-0.15, -0.1) is 0 Å². The van der Waals surface area contributed by atoms with Crippen LogP contribution >= 0.6 is 0 Å². The van der Waals surface area contributed by atoms with Crippen molar-refractivity contribution in [2.24, 2.45) is 11.8 Å². The number of benzene rings is 1. The van der Waals surface area contributed by atoms with Crippen molar-refractivity contribution in [3.05, 3.63) is 29.8 Å². The molecular formula is C18H25NO3. The third-order valence-corrected chi connectivity index (χ3v) is 5.14. The van der Waals surface area contributed by atoms with E-state index in [9.17, 15) is 4.79 Å². The van der Waals surface area contributed by atoms with Crippen LogP contribution in [-0.2, 0) is 16.0 Å². The Kier molecular flexibility index (Phi) is 4.67. The summed E-state index contributed by atoms with van der Waals surface area (Å²) in [6.45, 7) is 3.02. The van der Waals surface area contributed by atoms with E-state index < -0.39 is 0 Å². The lowest BCUT2D eigenvalue weighted by molar-refractivity contribution is -0.127. The number of aryl methyl sites for hydroxylation is 1. The van der Waals surface area contributed by atoms with Crippen molar-refractivity contribution in [3.8, 4) is 5.75 Å². The Hall–Kier alpha value is -1.55. The molecule has 1 N–H and O–H groups in total. The molecule has 4 nitrogen and oxygen atoms in total. The third-order valence-electron chi connectivity index (χ3n) is 5.14. The van der Waals surface area contributed by atoms with Crippen LogP contribution in [0.4, 0.5) is 0 Å². The van der Waals surface area contributed by atoms with Gasteiger partial charge in [-0.25, -0.2) is 0 Å². The standard InChI is InChI=1S/C18H25NO3/c1-3-13-17(14-10-11-22-18(13)14)19-16(20)9-8-12-6-4-5-7-15(12)21-2/h4-7,13-14,17-18H,3,8-11H2,1-2H3,(H,19,20)/t13-,14+,17+,18-/m1/s1. The van der Waals surface area contributed by atoms with E-state index in [0.29, 0.717) is 36.8 Å². The molecule has 0 aromatic heterocycles. The van der Waals surface area contributed by atoms with Gasteiger partial charge in [0.15, 0.2) is 0 Å². The molecule has 1 aromatic rings. The highest BCUT2D eigenvalue weighted by Crippen LogP contribution is 2.45. The lowest BCUT2D eigenvalue weighted by Crippen LogP contribution is -2.61. The largest absolute Gasteiger partial charge is 0.496 e. The van der Waals surface area contributed by atoms with Gasteiger partial charge in [-0.1, -0.05) is 25.1 Å². The van der Waals surface area contributed by atoms with Crippen molar-refractivity contribution in [1.29, 1.82) is 0 Å². The smallest absolute Gasteiger partial charge is 0.220 e. The molecule has 4 heteroatoms. The SMILES string of the molecule is CC[C@@H]1[C@H](NC(=O)CCc2ccccc2OC)[C@@H]2CCO[C@H]12. The minimum absolute atomic E-state index is 0.139. The van der Waals surface area contributed by atoms with Crippen LogP contribution in [-0.4, -0.2) is 31.8 Å². The molecule has 120 valence electrons. The highest BCUT2D eigenvalue weighted by Gasteiger charge is 2.53. The molecule has 1 heterocycles. The van der Waals surface area contributed by atoms with Gasteiger partial charge in [-0.3, -0.25) is 4.79 Å². The van der Waals surface area contributed by atoms with E-state index in [1.807, 2.05) is 24.3 Å². The second-order valence-corrected chi connectivity index (χ2v) is 6.27. The van der Waals surface area contributed by atoms with E-state index in [4.69, 9.17) is 9.47 Å². The molecule has 1 aliphatic carbocycles. The summed E-state index contributed by atoms with van der Waals surface area (Å²) in [5, 5.41) is 3.24. The average molecular weight is 303 g/mol. The molecule has 4 atom stereocenters. The van der Waals surface area contributed by atoms with Crippen LogP contribution in [0.3, 0.4) is 0 Å². The maximum atomic E-state index is 12.3. The number of para-hydroxylation sites is 1. The number of hydrogen-bond acceptors (Lipinski definition) is 3. The number of carbonyl (C=O) groups excluding carboxylic acids is 1. The topological polar surface area (TPSA) is 47.6 Å². The molecule has 22 heavy (non-hydrogen) atoms.